The van der Waals surface area contributed by atoms with E-state index in [9.17, 15) is 5.11 Å². The van der Waals surface area contributed by atoms with E-state index in [2.05, 4.69) is 63.9 Å². The number of phenolic OH excluding ortho intramolecular Hbond substituents is 1. The van der Waals surface area contributed by atoms with Crippen LogP contribution < -0.4 is 5.32 Å². The molecule has 1 heterocycles. The van der Waals surface area contributed by atoms with Gasteiger partial charge in [0, 0.05) is 32.2 Å². The third-order valence-electron chi connectivity index (χ3n) is 5.70. The monoisotopic (exact) mass is 344 g/mol. The van der Waals surface area contributed by atoms with Gasteiger partial charge in [-0.25, -0.2) is 0 Å². The van der Waals surface area contributed by atoms with E-state index >= 15 is 0 Å². The van der Waals surface area contributed by atoms with Gasteiger partial charge in [0.15, 0.2) is 0 Å². The minimum absolute atomic E-state index is 0.0579. The summed E-state index contributed by atoms with van der Waals surface area (Å²) < 4.78 is 0. The zero-order chi connectivity index (χ0) is 18.4. The number of nitrogens with one attached hydrogen (secondary N) is 1. The van der Waals surface area contributed by atoms with Crippen LogP contribution in [0.2, 0.25) is 0 Å². The molecule has 2 N–H and O–H groups in total. The van der Waals surface area contributed by atoms with Gasteiger partial charge in [0.05, 0.1) is 0 Å². The van der Waals surface area contributed by atoms with Gasteiger partial charge in [-0.1, -0.05) is 41.5 Å². The fraction of sp³-hybridized carbons (Fsp3) is 0.727. The number of rotatable bonds is 3. The van der Waals surface area contributed by atoms with E-state index in [1.54, 1.807) is 0 Å². The van der Waals surface area contributed by atoms with Crippen LogP contribution in [0.15, 0.2) is 12.1 Å². The molecule has 0 amide bonds. The molecular weight excluding hydrogens is 308 g/mol. The van der Waals surface area contributed by atoms with Crippen molar-refractivity contribution in [2.24, 2.45) is 5.92 Å². The van der Waals surface area contributed by atoms with E-state index in [0.717, 1.165) is 43.2 Å². The Hall–Kier alpha value is -1.06. The molecule has 0 radical (unpaired) electrons. The molecule has 2 fully saturated rings. The summed E-state index contributed by atoms with van der Waals surface area (Å²) in [6, 6.07) is 5.11. The first kappa shape index (κ1) is 18.7. The number of hydrogen-bond acceptors (Lipinski definition) is 3. The first-order chi connectivity index (χ1) is 11.6. The molecule has 0 unspecified atom stereocenters. The number of aromatic hydroxyl groups is 1. The minimum Gasteiger partial charge on any atom is -0.507 e. The van der Waals surface area contributed by atoms with E-state index in [4.69, 9.17) is 0 Å². The lowest BCUT2D eigenvalue weighted by molar-refractivity contribution is 0.156. The molecule has 3 nitrogen and oxygen atoms in total. The lowest BCUT2D eigenvalue weighted by Gasteiger charge is -2.37. The molecular formula is C22H36N2O. The summed E-state index contributed by atoms with van der Waals surface area (Å²) >= 11 is 0. The molecule has 1 aromatic carbocycles. The summed E-state index contributed by atoms with van der Waals surface area (Å²) in [5.41, 5.74) is 3.48. The van der Waals surface area contributed by atoms with E-state index in [0.29, 0.717) is 11.8 Å². The highest BCUT2D eigenvalue weighted by Gasteiger charge is 2.38. The Labute approximate surface area is 153 Å². The third-order valence-corrected chi connectivity index (χ3v) is 5.70. The summed E-state index contributed by atoms with van der Waals surface area (Å²) in [5, 5.41) is 14.5. The van der Waals surface area contributed by atoms with Crippen molar-refractivity contribution in [3.05, 3.63) is 28.8 Å². The number of piperazine rings is 1. The van der Waals surface area contributed by atoms with Crippen molar-refractivity contribution < 1.29 is 5.11 Å². The number of nitrogens with zero attached hydrogens (tertiary/aromatic N) is 1. The van der Waals surface area contributed by atoms with Gasteiger partial charge in [0.25, 0.3) is 0 Å². The Morgan fingerprint density at radius 1 is 0.960 bits per heavy atom. The first-order valence-electron chi connectivity index (χ1n) is 9.91. The van der Waals surface area contributed by atoms with Crippen molar-refractivity contribution >= 4 is 0 Å². The lowest BCUT2D eigenvalue weighted by Crippen LogP contribution is -2.45. The molecule has 0 bridgehead atoms. The molecule has 1 saturated carbocycles. The molecule has 0 spiro atoms. The molecule has 2 aliphatic rings. The normalized spacial score (nSPS) is 21.4. The standard InChI is InChI=1S/C22H36N2O/c1-21(2,3)17-13-16(14-18(20(17)25)22(4,5)6)19(15-7-8-15)24-11-9-23-10-12-24/h13-15,19,23,25H,7-12H2,1-6H3/t19-/m1/s1. The Bertz CT molecular complexity index is 579. The highest BCUT2D eigenvalue weighted by molar-refractivity contribution is 5.50. The van der Waals surface area contributed by atoms with Crippen molar-refractivity contribution in [2.45, 2.75) is 71.3 Å². The largest absolute Gasteiger partial charge is 0.507 e. The van der Waals surface area contributed by atoms with E-state index in [-0.39, 0.29) is 10.8 Å². The van der Waals surface area contributed by atoms with Crippen LogP contribution in [0.5, 0.6) is 5.75 Å². The van der Waals surface area contributed by atoms with Crippen LogP contribution in [-0.2, 0) is 10.8 Å². The summed E-state index contributed by atoms with van der Waals surface area (Å²) in [7, 11) is 0. The highest BCUT2D eigenvalue weighted by atomic mass is 16.3. The van der Waals surface area contributed by atoms with Gasteiger partial charge in [-0.3, -0.25) is 4.90 Å². The molecule has 1 atom stereocenters. The summed E-state index contributed by atoms with van der Waals surface area (Å²) in [4.78, 5) is 2.67. The maximum atomic E-state index is 11.0. The van der Waals surface area contributed by atoms with Crippen LogP contribution in [0.3, 0.4) is 0 Å². The van der Waals surface area contributed by atoms with Gasteiger partial charge >= 0.3 is 0 Å². The molecule has 1 aliphatic heterocycles. The van der Waals surface area contributed by atoms with Gasteiger partial charge in [0.2, 0.25) is 0 Å². The molecule has 0 aromatic heterocycles. The number of hydrogen-bond donors (Lipinski definition) is 2. The average molecular weight is 345 g/mol. The Kier molecular flexibility index (Phi) is 4.93. The smallest absolute Gasteiger partial charge is 0.123 e. The molecule has 1 aromatic rings. The Morgan fingerprint density at radius 3 is 1.84 bits per heavy atom. The van der Waals surface area contributed by atoms with E-state index < -0.39 is 0 Å². The van der Waals surface area contributed by atoms with Crippen molar-refractivity contribution in [3.8, 4) is 5.75 Å². The maximum absolute atomic E-state index is 11.0. The summed E-state index contributed by atoms with van der Waals surface area (Å²) in [6.45, 7) is 17.6. The number of phenols is 1. The quantitative estimate of drug-likeness (QED) is 0.856. The Balaban J connectivity index is 2.10. The predicted molar refractivity (Wildman–Crippen MR) is 105 cm³/mol. The second kappa shape index (κ2) is 6.59. The Morgan fingerprint density at radius 2 is 1.44 bits per heavy atom. The van der Waals surface area contributed by atoms with Gasteiger partial charge < -0.3 is 10.4 Å². The molecule has 1 saturated heterocycles. The van der Waals surface area contributed by atoms with Gasteiger partial charge in [-0.05, 0) is 58.4 Å². The minimum atomic E-state index is -0.0579. The fourth-order valence-electron chi connectivity index (χ4n) is 4.12. The zero-order valence-electron chi connectivity index (χ0n) is 16.9. The molecule has 3 rings (SSSR count). The van der Waals surface area contributed by atoms with Gasteiger partial charge in [0.1, 0.15) is 5.75 Å². The summed E-state index contributed by atoms with van der Waals surface area (Å²) in [6.07, 6.45) is 2.68. The van der Waals surface area contributed by atoms with Gasteiger partial charge in [-0.15, -0.1) is 0 Å². The first-order valence-corrected chi connectivity index (χ1v) is 9.91. The highest BCUT2D eigenvalue weighted by Crippen LogP contribution is 2.48. The average Bonchev–Trinajstić information content (AvgIpc) is 3.32. The third kappa shape index (κ3) is 4.03. The summed E-state index contributed by atoms with van der Waals surface area (Å²) in [5.74, 6) is 1.28. The van der Waals surface area contributed by atoms with Crippen molar-refractivity contribution in [3.63, 3.8) is 0 Å². The van der Waals surface area contributed by atoms with Crippen LogP contribution in [0.4, 0.5) is 0 Å². The van der Waals surface area contributed by atoms with Crippen LogP contribution >= 0.6 is 0 Å². The van der Waals surface area contributed by atoms with E-state index in [1.165, 1.54) is 18.4 Å². The lowest BCUT2D eigenvalue weighted by atomic mass is 9.77. The zero-order valence-corrected chi connectivity index (χ0v) is 16.9. The van der Waals surface area contributed by atoms with Crippen LogP contribution in [0, 0.1) is 5.92 Å². The maximum Gasteiger partial charge on any atom is 0.123 e. The SMILES string of the molecule is CC(C)(C)c1cc([C@@H](C2CC2)N2CCNCC2)cc(C(C)(C)C)c1O. The van der Waals surface area contributed by atoms with Crippen molar-refractivity contribution in [1.82, 2.24) is 10.2 Å². The van der Waals surface area contributed by atoms with Crippen LogP contribution in [0.25, 0.3) is 0 Å². The molecule has 1 aliphatic carbocycles. The van der Waals surface area contributed by atoms with E-state index in [1.807, 2.05) is 0 Å². The fourth-order valence-corrected chi connectivity index (χ4v) is 4.12. The predicted octanol–water partition coefficient (Wildman–Crippen LogP) is 4.34. The van der Waals surface area contributed by atoms with Crippen LogP contribution in [-0.4, -0.2) is 36.2 Å². The molecule has 25 heavy (non-hydrogen) atoms. The second-order valence-corrected chi connectivity index (χ2v) is 10.0. The topological polar surface area (TPSA) is 35.5 Å². The van der Waals surface area contributed by atoms with Crippen molar-refractivity contribution in [2.75, 3.05) is 26.2 Å². The number of benzene rings is 1. The second-order valence-electron chi connectivity index (χ2n) is 10.0. The van der Waals surface area contributed by atoms with Crippen molar-refractivity contribution in [1.29, 1.82) is 0 Å². The van der Waals surface area contributed by atoms with Crippen LogP contribution in [0.1, 0.15) is 77.1 Å². The molecule has 3 heteroatoms. The molecule has 140 valence electrons. The van der Waals surface area contributed by atoms with Gasteiger partial charge in [-0.2, -0.15) is 0 Å².